The van der Waals surface area contributed by atoms with E-state index in [0.29, 0.717) is 35.9 Å². The number of halogens is 1. The minimum absolute atomic E-state index is 0.115. The van der Waals surface area contributed by atoms with Crippen LogP contribution in [0.1, 0.15) is 29.9 Å². The topological polar surface area (TPSA) is 110 Å². The van der Waals surface area contributed by atoms with Crippen LogP contribution in [0.25, 0.3) is 0 Å². The molecule has 1 aliphatic heterocycles. The summed E-state index contributed by atoms with van der Waals surface area (Å²) in [6.07, 6.45) is 2.46. The molecule has 3 aromatic rings. The number of aryl methyl sites for hydroxylation is 2. The number of benzene rings is 1. The summed E-state index contributed by atoms with van der Waals surface area (Å²) in [6.45, 7) is 4.12. The summed E-state index contributed by atoms with van der Waals surface area (Å²) < 4.78 is 34.0. The van der Waals surface area contributed by atoms with E-state index in [-0.39, 0.29) is 35.6 Å². The van der Waals surface area contributed by atoms with E-state index in [9.17, 15) is 13.2 Å². The number of nitrogens with zero attached hydrogens (tertiary/aromatic N) is 4. The number of rotatable bonds is 6. The summed E-state index contributed by atoms with van der Waals surface area (Å²) in [5, 5.41) is 11.6. The Labute approximate surface area is 191 Å². The number of nitrogens with one attached hydrogen (secondary N) is 1. The molecule has 1 aromatic carbocycles. The second-order valence-corrected chi connectivity index (χ2v) is 10.1. The fraction of sp³-hybridized carbons (Fsp3) is 0.381. The zero-order chi connectivity index (χ0) is 22.9. The monoisotopic (exact) mass is 477 g/mol. The van der Waals surface area contributed by atoms with Crippen molar-refractivity contribution in [2.75, 3.05) is 18.4 Å². The van der Waals surface area contributed by atoms with Gasteiger partial charge in [0.15, 0.2) is 5.76 Å². The number of carbonyl (C=O) groups excluding carboxylic acids is 1. The van der Waals surface area contributed by atoms with Crippen LogP contribution in [0.4, 0.5) is 5.82 Å². The predicted octanol–water partition coefficient (Wildman–Crippen LogP) is 3.23. The highest BCUT2D eigenvalue weighted by Gasteiger charge is 2.35. The van der Waals surface area contributed by atoms with Crippen molar-refractivity contribution in [2.45, 2.75) is 38.1 Å². The maximum Gasteiger partial charge on any atom is 0.248 e. The smallest absolute Gasteiger partial charge is 0.248 e. The van der Waals surface area contributed by atoms with Gasteiger partial charge in [-0.2, -0.15) is 9.40 Å². The van der Waals surface area contributed by atoms with Gasteiger partial charge in [-0.3, -0.25) is 4.79 Å². The van der Waals surface area contributed by atoms with Gasteiger partial charge < -0.3 is 9.84 Å². The number of hydrogen-bond donors (Lipinski definition) is 1. The lowest BCUT2D eigenvalue weighted by Gasteiger charge is -2.30. The quantitative estimate of drug-likeness (QED) is 0.583. The Kier molecular flexibility index (Phi) is 6.36. The van der Waals surface area contributed by atoms with Gasteiger partial charge in [-0.15, -0.1) is 0 Å². The molecule has 0 aliphatic carbocycles. The number of anilines is 1. The van der Waals surface area contributed by atoms with Crippen LogP contribution in [0, 0.1) is 19.8 Å². The lowest BCUT2D eigenvalue weighted by atomic mass is 9.97. The molecule has 0 radical (unpaired) electrons. The molecular weight excluding hydrogens is 454 g/mol. The van der Waals surface area contributed by atoms with E-state index in [2.05, 4.69) is 15.6 Å². The highest BCUT2D eigenvalue weighted by atomic mass is 35.5. The number of piperidine rings is 1. The molecule has 0 saturated carbocycles. The lowest BCUT2D eigenvalue weighted by Crippen LogP contribution is -2.41. The molecule has 3 heterocycles. The van der Waals surface area contributed by atoms with Crippen LogP contribution in [0.5, 0.6) is 0 Å². The van der Waals surface area contributed by atoms with Gasteiger partial charge in [0, 0.05) is 30.1 Å². The Balaban J connectivity index is 1.39. The van der Waals surface area contributed by atoms with E-state index in [0.717, 1.165) is 5.56 Å². The third kappa shape index (κ3) is 4.43. The molecule has 1 aliphatic rings. The van der Waals surface area contributed by atoms with E-state index in [1.807, 2.05) is 24.3 Å². The summed E-state index contributed by atoms with van der Waals surface area (Å²) in [4.78, 5) is 13.0. The summed E-state index contributed by atoms with van der Waals surface area (Å²) in [5.41, 5.74) is 1.24. The number of carbonyl (C=O) groups is 1. The average Bonchev–Trinajstić information content (AvgIpc) is 3.35. The van der Waals surface area contributed by atoms with Crippen LogP contribution in [0.15, 0.2) is 45.9 Å². The van der Waals surface area contributed by atoms with Crippen molar-refractivity contribution in [1.82, 2.24) is 19.2 Å². The second-order valence-electron chi connectivity index (χ2n) is 7.79. The molecule has 1 fully saturated rings. The van der Waals surface area contributed by atoms with Crippen molar-refractivity contribution in [3.63, 3.8) is 0 Å². The van der Waals surface area contributed by atoms with Gasteiger partial charge in [0.2, 0.25) is 15.9 Å². The zero-order valence-electron chi connectivity index (χ0n) is 17.8. The summed E-state index contributed by atoms with van der Waals surface area (Å²) in [6, 6.07) is 9.20. The molecule has 9 nitrogen and oxygen atoms in total. The van der Waals surface area contributed by atoms with Crippen LogP contribution in [0.2, 0.25) is 5.02 Å². The van der Waals surface area contributed by atoms with Crippen LogP contribution in [-0.4, -0.2) is 46.7 Å². The number of amides is 1. The second kappa shape index (κ2) is 9.05. The Bertz CT molecular complexity index is 1210. The Hall–Kier alpha value is -2.69. The highest BCUT2D eigenvalue weighted by Crippen LogP contribution is 2.28. The number of hydrogen-bond acceptors (Lipinski definition) is 6. The minimum Gasteiger partial charge on any atom is -0.360 e. The van der Waals surface area contributed by atoms with Gasteiger partial charge in [0.1, 0.15) is 16.4 Å². The van der Waals surface area contributed by atoms with E-state index in [1.165, 1.54) is 4.31 Å². The zero-order valence-corrected chi connectivity index (χ0v) is 19.4. The van der Waals surface area contributed by atoms with Crippen molar-refractivity contribution in [1.29, 1.82) is 0 Å². The van der Waals surface area contributed by atoms with Crippen molar-refractivity contribution < 1.29 is 17.7 Å². The molecular formula is C21H24ClN5O4S. The fourth-order valence-electron chi connectivity index (χ4n) is 3.91. The molecule has 1 N–H and O–H groups in total. The maximum absolute atomic E-state index is 13.0. The van der Waals surface area contributed by atoms with E-state index in [4.69, 9.17) is 16.1 Å². The van der Waals surface area contributed by atoms with Crippen LogP contribution >= 0.6 is 11.6 Å². The number of aromatic nitrogens is 3. The van der Waals surface area contributed by atoms with Gasteiger partial charge in [-0.1, -0.05) is 35.0 Å². The standard InChI is InChI=1S/C21H24ClN5O4S/c1-14-20(15(2)31-25-14)32(29,30)26-11-8-16(9-12-26)21(28)24-19-7-10-23-27(19)13-17-5-3-4-6-18(17)22/h3-7,10,16H,8-9,11-13H2,1-2H3,(H,24,28). The SMILES string of the molecule is Cc1noc(C)c1S(=O)(=O)N1CCC(C(=O)Nc2ccnn2Cc2ccccc2Cl)CC1. The predicted molar refractivity (Wildman–Crippen MR) is 119 cm³/mol. The van der Waals surface area contributed by atoms with Gasteiger partial charge >= 0.3 is 0 Å². The molecule has 170 valence electrons. The van der Waals surface area contributed by atoms with Gasteiger partial charge in [-0.05, 0) is 38.3 Å². The summed E-state index contributed by atoms with van der Waals surface area (Å²) >= 11 is 6.24. The molecule has 1 saturated heterocycles. The lowest BCUT2D eigenvalue weighted by molar-refractivity contribution is -0.121. The Morgan fingerprint density at radius 1 is 1.22 bits per heavy atom. The van der Waals surface area contributed by atoms with E-state index in [1.54, 1.807) is 30.8 Å². The van der Waals surface area contributed by atoms with Crippen LogP contribution in [0.3, 0.4) is 0 Å². The highest BCUT2D eigenvalue weighted by molar-refractivity contribution is 7.89. The first-order valence-corrected chi connectivity index (χ1v) is 12.1. The first-order chi connectivity index (χ1) is 15.3. The first kappa shape index (κ1) is 22.5. The number of sulfonamides is 1. The Morgan fingerprint density at radius 2 is 1.94 bits per heavy atom. The molecule has 0 unspecified atom stereocenters. The van der Waals surface area contributed by atoms with Crippen molar-refractivity contribution >= 4 is 33.3 Å². The molecule has 32 heavy (non-hydrogen) atoms. The largest absolute Gasteiger partial charge is 0.360 e. The van der Waals surface area contributed by atoms with Crippen molar-refractivity contribution in [2.24, 2.45) is 5.92 Å². The van der Waals surface area contributed by atoms with Gasteiger partial charge in [-0.25, -0.2) is 13.1 Å². The van der Waals surface area contributed by atoms with Crippen molar-refractivity contribution in [3.8, 4) is 0 Å². The van der Waals surface area contributed by atoms with Gasteiger partial charge in [0.25, 0.3) is 0 Å². The molecule has 11 heteroatoms. The van der Waals surface area contributed by atoms with Crippen LogP contribution in [-0.2, 0) is 21.4 Å². The molecule has 2 aromatic heterocycles. The molecule has 0 bridgehead atoms. The third-order valence-electron chi connectivity index (χ3n) is 5.64. The summed E-state index contributed by atoms with van der Waals surface area (Å²) in [7, 11) is -3.71. The maximum atomic E-state index is 13.0. The van der Waals surface area contributed by atoms with E-state index >= 15 is 0 Å². The third-order valence-corrected chi connectivity index (χ3v) is 8.15. The molecule has 4 rings (SSSR count). The average molecular weight is 478 g/mol. The summed E-state index contributed by atoms with van der Waals surface area (Å²) in [5.74, 6) is 0.393. The normalized spacial score (nSPS) is 15.7. The minimum atomic E-state index is -3.71. The van der Waals surface area contributed by atoms with Crippen LogP contribution < -0.4 is 5.32 Å². The molecule has 1 amide bonds. The fourth-order valence-corrected chi connectivity index (χ4v) is 5.87. The van der Waals surface area contributed by atoms with Gasteiger partial charge in [0.05, 0.1) is 12.7 Å². The van der Waals surface area contributed by atoms with E-state index < -0.39 is 10.0 Å². The molecule has 0 spiro atoms. The first-order valence-electron chi connectivity index (χ1n) is 10.3. The molecule has 0 atom stereocenters. The Morgan fingerprint density at radius 3 is 2.59 bits per heavy atom. The van der Waals surface area contributed by atoms with Crippen molar-refractivity contribution in [3.05, 3.63) is 58.6 Å².